The molecule has 0 aliphatic rings. The normalized spacial score (nSPS) is 9.68. The molecule has 0 saturated heterocycles. The van der Waals surface area contributed by atoms with Crippen molar-refractivity contribution in [1.82, 2.24) is 0 Å². The Morgan fingerprint density at radius 3 is 2.37 bits per heavy atom. The first-order valence-electron chi connectivity index (χ1n) is 5.31. The van der Waals surface area contributed by atoms with E-state index in [4.69, 9.17) is 10.6 Å². The molecular weight excluding hydrogens is 274 g/mol. The number of anilines is 1. The third-order valence-electron chi connectivity index (χ3n) is 2.47. The maximum atomic E-state index is 13.6. The van der Waals surface area contributed by atoms with Crippen molar-refractivity contribution in [3.05, 3.63) is 53.6 Å². The Morgan fingerprint density at radius 2 is 1.79 bits per heavy atom. The molecule has 0 spiro atoms. The zero-order chi connectivity index (χ0) is 13.1. The van der Waals surface area contributed by atoms with E-state index in [0.717, 1.165) is 6.07 Å². The fourth-order valence-corrected chi connectivity index (χ4v) is 1.61. The molecular formula is C13H13ClF2N2O. The number of para-hydroxylation sites is 1. The third-order valence-corrected chi connectivity index (χ3v) is 2.47. The minimum Gasteiger partial charge on any atom is -0.454 e. The summed E-state index contributed by atoms with van der Waals surface area (Å²) in [5, 5.41) is 0. The lowest BCUT2D eigenvalue weighted by Crippen LogP contribution is -2.10. The van der Waals surface area contributed by atoms with Crippen LogP contribution in [0, 0.1) is 18.6 Å². The van der Waals surface area contributed by atoms with Crippen molar-refractivity contribution < 1.29 is 13.5 Å². The number of nitrogens with two attached hydrogens (primary N) is 1. The van der Waals surface area contributed by atoms with Crippen LogP contribution in [0.5, 0.6) is 11.5 Å². The van der Waals surface area contributed by atoms with Crippen LogP contribution >= 0.6 is 12.4 Å². The highest BCUT2D eigenvalue weighted by atomic mass is 35.5. The summed E-state index contributed by atoms with van der Waals surface area (Å²) in [5.41, 5.74) is 3.02. The van der Waals surface area contributed by atoms with E-state index in [1.54, 1.807) is 25.1 Å². The number of ether oxygens (including phenoxy) is 1. The van der Waals surface area contributed by atoms with Gasteiger partial charge < -0.3 is 10.2 Å². The van der Waals surface area contributed by atoms with Gasteiger partial charge in [-0.3, -0.25) is 5.84 Å². The second kappa shape index (κ2) is 6.36. The second-order valence-corrected chi connectivity index (χ2v) is 3.77. The molecule has 0 aromatic heterocycles. The van der Waals surface area contributed by atoms with Gasteiger partial charge >= 0.3 is 0 Å². The maximum Gasteiger partial charge on any atom is 0.165 e. The van der Waals surface area contributed by atoms with Crippen molar-refractivity contribution in [2.45, 2.75) is 6.92 Å². The van der Waals surface area contributed by atoms with E-state index in [0.29, 0.717) is 5.56 Å². The molecule has 0 amide bonds. The summed E-state index contributed by atoms with van der Waals surface area (Å²) < 4.78 is 32.3. The number of hydrazine groups is 1. The fraction of sp³-hybridized carbons (Fsp3) is 0.0769. The number of hydrogen-bond donors (Lipinski definition) is 2. The van der Waals surface area contributed by atoms with Crippen molar-refractivity contribution in [2.75, 3.05) is 5.43 Å². The van der Waals surface area contributed by atoms with Crippen LogP contribution in [0.1, 0.15) is 5.56 Å². The van der Waals surface area contributed by atoms with E-state index in [2.05, 4.69) is 5.43 Å². The molecule has 6 heteroatoms. The van der Waals surface area contributed by atoms with E-state index < -0.39 is 11.6 Å². The Hall–Kier alpha value is -1.85. The number of hydrogen-bond acceptors (Lipinski definition) is 3. The first kappa shape index (κ1) is 15.2. The number of nitrogens with one attached hydrogen (secondary N) is 1. The van der Waals surface area contributed by atoms with Gasteiger partial charge in [0.1, 0.15) is 5.75 Å². The van der Waals surface area contributed by atoms with Gasteiger partial charge in [0.25, 0.3) is 0 Å². The molecule has 102 valence electrons. The SMILES string of the molecule is Cc1cc(Oc2ccccc2F)cc(F)c1NN.Cl. The van der Waals surface area contributed by atoms with Gasteiger partial charge in [0.15, 0.2) is 17.4 Å². The lowest BCUT2D eigenvalue weighted by molar-refractivity contribution is 0.438. The zero-order valence-electron chi connectivity index (χ0n) is 10.1. The van der Waals surface area contributed by atoms with E-state index in [1.807, 2.05) is 0 Å². The standard InChI is InChI=1S/C13H12F2N2O.ClH/c1-8-6-9(7-11(15)13(8)17-16)18-12-5-3-2-4-10(12)14;/h2-7,17H,16H2,1H3;1H. The molecule has 0 saturated carbocycles. The van der Waals surface area contributed by atoms with Gasteiger partial charge in [-0.15, -0.1) is 12.4 Å². The van der Waals surface area contributed by atoms with E-state index in [1.165, 1.54) is 12.1 Å². The van der Waals surface area contributed by atoms with Crippen LogP contribution in [-0.4, -0.2) is 0 Å². The minimum absolute atomic E-state index is 0. The summed E-state index contributed by atoms with van der Waals surface area (Å²) in [6, 6.07) is 8.65. The molecule has 2 aromatic carbocycles. The predicted molar refractivity (Wildman–Crippen MR) is 72.7 cm³/mol. The largest absolute Gasteiger partial charge is 0.454 e. The molecule has 0 aliphatic heterocycles. The predicted octanol–water partition coefficient (Wildman–Crippen LogP) is 3.77. The van der Waals surface area contributed by atoms with Gasteiger partial charge in [-0.05, 0) is 30.7 Å². The number of aryl methyl sites for hydroxylation is 1. The second-order valence-electron chi connectivity index (χ2n) is 3.77. The number of nitrogen functional groups attached to an aromatic ring is 1. The molecule has 0 heterocycles. The van der Waals surface area contributed by atoms with Crippen LogP contribution in [0.3, 0.4) is 0 Å². The van der Waals surface area contributed by atoms with Crippen molar-refractivity contribution in [2.24, 2.45) is 5.84 Å². The summed E-state index contributed by atoms with van der Waals surface area (Å²) >= 11 is 0. The highest BCUT2D eigenvalue weighted by Crippen LogP contribution is 2.29. The van der Waals surface area contributed by atoms with Gasteiger partial charge in [-0.2, -0.15) is 0 Å². The quantitative estimate of drug-likeness (QED) is 0.667. The summed E-state index contributed by atoms with van der Waals surface area (Å²) in [4.78, 5) is 0. The smallest absolute Gasteiger partial charge is 0.165 e. The molecule has 19 heavy (non-hydrogen) atoms. The Bertz CT molecular complexity index is 555. The monoisotopic (exact) mass is 286 g/mol. The van der Waals surface area contributed by atoms with Crippen LogP contribution in [0.2, 0.25) is 0 Å². The molecule has 0 bridgehead atoms. The molecule has 0 aliphatic carbocycles. The molecule has 3 N–H and O–H groups in total. The van der Waals surface area contributed by atoms with Gasteiger partial charge in [0, 0.05) is 6.07 Å². The van der Waals surface area contributed by atoms with Crippen molar-refractivity contribution in [3.63, 3.8) is 0 Å². The highest BCUT2D eigenvalue weighted by Gasteiger charge is 2.09. The molecule has 0 atom stereocenters. The number of halogens is 3. The lowest BCUT2D eigenvalue weighted by atomic mass is 10.2. The third kappa shape index (κ3) is 3.33. The summed E-state index contributed by atoms with van der Waals surface area (Å²) in [6.07, 6.45) is 0. The molecule has 0 fully saturated rings. The zero-order valence-corrected chi connectivity index (χ0v) is 10.9. The van der Waals surface area contributed by atoms with Gasteiger partial charge in [-0.25, -0.2) is 8.78 Å². The Morgan fingerprint density at radius 1 is 1.11 bits per heavy atom. The van der Waals surface area contributed by atoms with Crippen LogP contribution in [0.15, 0.2) is 36.4 Å². The average Bonchev–Trinajstić information content (AvgIpc) is 2.32. The maximum absolute atomic E-state index is 13.6. The van der Waals surface area contributed by atoms with Crippen LogP contribution < -0.4 is 16.0 Å². The van der Waals surface area contributed by atoms with E-state index >= 15 is 0 Å². The Labute approximate surface area is 115 Å². The van der Waals surface area contributed by atoms with Crippen LogP contribution in [0.25, 0.3) is 0 Å². The van der Waals surface area contributed by atoms with Crippen molar-refractivity contribution in [3.8, 4) is 11.5 Å². The summed E-state index contributed by atoms with van der Waals surface area (Å²) in [7, 11) is 0. The molecule has 2 rings (SSSR count). The van der Waals surface area contributed by atoms with E-state index in [9.17, 15) is 8.78 Å². The highest BCUT2D eigenvalue weighted by molar-refractivity contribution is 5.85. The number of rotatable bonds is 3. The first-order chi connectivity index (χ1) is 8.61. The average molecular weight is 287 g/mol. The summed E-state index contributed by atoms with van der Waals surface area (Å²) in [5.74, 6) is 4.40. The first-order valence-corrected chi connectivity index (χ1v) is 5.31. The van der Waals surface area contributed by atoms with Crippen LogP contribution in [0.4, 0.5) is 14.5 Å². The van der Waals surface area contributed by atoms with Gasteiger partial charge in [0.05, 0.1) is 5.69 Å². The number of benzene rings is 2. The van der Waals surface area contributed by atoms with E-state index in [-0.39, 0.29) is 29.6 Å². The van der Waals surface area contributed by atoms with Crippen molar-refractivity contribution in [1.29, 1.82) is 0 Å². The topological polar surface area (TPSA) is 47.3 Å². The minimum atomic E-state index is -0.552. The Balaban J connectivity index is 0.00000180. The lowest BCUT2D eigenvalue weighted by Gasteiger charge is -2.11. The molecule has 3 nitrogen and oxygen atoms in total. The van der Waals surface area contributed by atoms with Gasteiger partial charge in [-0.1, -0.05) is 12.1 Å². The fourth-order valence-electron chi connectivity index (χ4n) is 1.61. The Kier molecular flexibility index (Phi) is 5.09. The molecule has 2 aromatic rings. The molecule has 0 unspecified atom stereocenters. The van der Waals surface area contributed by atoms with Crippen LogP contribution in [-0.2, 0) is 0 Å². The molecule has 0 radical (unpaired) electrons. The van der Waals surface area contributed by atoms with Gasteiger partial charge in [0.2, 0.25) is 0 Å². The van der Waals surface area contributed by atoms with Crippen molar-refractivity contribution >= 4 is 18.1 Å². The summed E-state index contributed by atoms with van der Waals surface area (Å²) in [6.45, 7) is 1.67.